The Bertz CT molecular complexity index is 376. The molecule has 1 heterocycles. The molecule has 1 rings (SSSR count). The first-order chi connectivity index (χ1) is 7.47. The average molecular weight is 242 g/mol. The molecule has 4 nitrogen and oxygen atoms in total. The number of hydrogen-bond acceptors (Lipinski definition) is 4. The Hall–Kier alpha value is -1.10. The molecular formula is C11H18N2O2S. The summed E-state index contributed by atoms with van der Waals surface area (Å²) in [5.41, 5.74) is 0.600. The molecule has 0 bridgehead atoms. The van der Waals surface area contributed by atoms with Gasteiger partial charge in [-0.05, 0) is 20.3 Å². The summed E-state index contributed by atoms with van der Waals surface area (Å²) >= 11 is 1.25. The maximum atomic E-state index is 10.9. The third-order valence-corrected chi connectivity index (χ3v) is 3.88. The van der Waals surface area contributed by atoms with Crippen LogP contribution < -0.4 is 4.90 Å². The molecule has 1 aromatic rings. The van der Waals surface area contributed by atoms with E-state index in [2.05, 4.69) is 18.8 Å². The van der Waals surface area contributed by atoms with Crippen molar-refractivity contribution in [3.05, 3.63) is 10.6 Å². The Balaban J connectivity index is 2.88. The van der Waals surface area contributed by atoms with E-state index in [4.69, 9.17) is 5.11 Å². The molecule has 0 aliphatic heterocycles. The molecule has 1 unspecified atom stereocenters. The molecule has 0 radical (unpaired) electrons. The lowest BCUT2D eigenvalue weighted by molar-refractivity contribution is 0.0701. The minimum atomic E-state index is -0.891. The fourth-order valence-electron chi connectivity index (χ4n) is 1.53. The zero-order valence-corrected chi connectivity index (χ0v) is 11.0. The predicted molar refractivity (Wildman–Crippen MR) is 66.6 cm³/mol. The topological polar surface area (TPSA) is 53.4 Å². The molecule has 0 aromatic carbocycles. The van der Waals surface area contributed by atoms with Gasteiger partial charge in [-0.15, -0.1) is 0 Å². The summed E-state index contributed by atoms with van der Waals surface area (Å²) in [5, 5.41) is 9.74. The summed E-state index contributed by atoms with van der Waals surface area (Å²) in [7, 11) is 1.96. The molecule has 0 saturated carbocycles. The SMILES string of the molecule is CCCC(C)N(C)c1nc(C)c(C(=O)O)s1. The van der Waals surface area contributed by atoms with Crippen molar-refractivity contribution in [3.63, 3.8) is 0 Å². The van der Waals surface area contributed by atoms with E-state index in [1.54, 1.807) is 6.92 Å². The molecule has 1 atom stereocenters. The normalized spacial score (nSPS) is 12.5. The first-order valence-corrected chi connectivity index (χ1v) is 6.22. The van der Waals surface area contributed by atoms with Crippen molar-refractivity contribution in [1.29, 1.82) is 0 Å². The van der Waals surface area contributed by atoms with Crippen LogP contribution in [-0.4, -0.2) is 29.1 Å². The second-order valence-electron chi connectivity index (χ2n) is 3.96. The number of thiazole rings is 1. The monoisotopic (exact) mass is 242 g/mol. The summed E-state index contributed by atoms with van der Waals surface area (Å²) in [4.78, 5) is 17.6. The largest absolute Gasteiger partial charge is 0.477 e. The summed E-state index contributed by atoms with van der Waals surface area (Å²) in [6.45, 7) is 6.00. The van der Waals surface area contributed by atoms with E-state index in [1.807, 2.05) is 11.9 Å². The summed E-state index contributed by atoms with van der Waals surface area (Å²) < 4.78 is 0. The number of anilines is 1. The van der Waals surface area contributed by atoms with Crippen LogP contribution in [0.25, 0.3) is 0 Å². The first kappa shape index (κ1) is 13.0. The molecule has 0 aliphatic rings. The molecule has 0 aliphatic carbocycles. The smallest absolute Gasteiger partial charge is 0.347 e. The molecule has 1 N–H and O–H groups in total. The minimum Gasteiger partial charge on any atom is -0.477 e. The van der Waals surface area contributed by atoms with Gasteiger partial charge in [0.1, 0.15) is 4.88 Å². The molecule has 0 fully saturated rings. The Labute approximate surface area is 99.9 Å². The zero-order chi connectivity index (χ0) is 12.3. The van der Waals surface area contributed by atoms with Gasteiger partial charge in [-0.2, -0.15) is 0 Å². The number of rotatable bonds is 5. The van der Waals surface area contributed by atoms with Gasteiger partial charge in [0, 0.05) is 13.1 Å². The van der Waals surface area contributed by atoms with Crippen LogP contribution in [0.3, 0.4) is 0 Å². The second kappa shape index (κ2) is 5.30. The third kappa shape index (κ3) is 2.72. The van der Waals surface area contributed by atoms with Gasteiger partial charge in [0.25, 0.3) is 0 Å². The van der Waals surface area contributed by atoms with E-state index < -0.39 is 5.97 Å². The number of aromatic nitrogens is 1. The van der Waals surface area contributed by atoms with Crippen molar-refractivity contribution >= 4 is 22.4 Å². The Morgan fingerprint density at radius 2 is 2.25 bits per heavy atom. The van der Waals surface area contributed by atoms with Gasteiger partial charge in [-0.3, -0.25) is 0 Å². The molecule has 0 spiro atoms. The number of carbonyl (C=O) groups is 1. The van der Waals surface area contributed by atoms with Gasteiger partial charge in [0.05, 0.1) is 5.69 Å². The minimum absolute atomic E-state index is 0.338. The van der Waals surface area contributed by atoms with Gasteiger partial charge >= 0.3 is 5.97 Å². The maximum absolute atomic E-state index is 10.9. The van der Waals surface area contributed by atoms with Crippen molar-refractivity contribution in [2.24, 2.45) is 0 Å². The van der Waals surface area contributed by atoms with Crippen LogP contribution in [0, 0.1) is 6.92 Å². The first-order valence-electron chi connectivity index (χ1n) is 5.40. The molecule has 1 aromatic heterocycles. The van der Waals surface area contributed by atoms with Crippen molar-refractivity contribution in [2.75, 3.05) is 11.9 Å². The average Bonchev–Trinajstić information content (AvgIpc) is 2.59. The lowest BCUT2D eigenvalue weighted by atomic mass is 10.2. The number of aromatic carboxylic acids is 1. The van der Waals surface area contributed by atoms with Gasteiger partial charge in [0.2, 0.25) is 0 Å². The van der Waals surface area contributed by atoms with E-state index in [1.165, 1.54) is 11.3 Å². The van der Waals surface area contributed by atoms with E-state index in [0.717, 1.165) is 18.0 Å². The van der Waals surface area contributed by atoms with Gasteiger partial charge in [-0.1, -0.05) is 24.7 Å². The number of carboxylic acid groups (broad SMARTS) is 1. The van der Waals surface area contributed by atoms with Crippen LogP contribution >= 0.6 is 11.3 Å². The van der Waals surface area contributed by atoms with Crippen molar-refractivity contribution < 1.29 is 9.90 Å². The molecular weight excluding hydrogens is 224 g/mol. The molecule has 90 valence electrons. The van der Waals surface area contributed by atoms with Gasteiger partial charge in [0.15, 0.2) is 5.13 Å². The molecule has 0 amide bonds. The lowest BCUT2D eigenvalue weighted by Crippen LogP contribution is -2.28. The molecule has 0 saturated heterocycles. The van der Waals surface area contributed by atoms with Crippen LogP contribution in [0.1, 0.15) is 42.1 Å². The fraction of sp³-hybridized carbons (Fsp3) is 0.636. The number of hydrogen-bond donors (Lipinski definition) is 1. The zero-order valence-electron chi connectivity index (χ0n) is 10.1. The summed E-state index contributed by atoms with van der Waals surface area (Å²) in [6.07, 6.45) is 2.19. The van der Waals surface area contributed by atoms with E-state index >= 15 is 0 Å². The van der Waals surface area contributed by atoms with Crippen molar-refractivity contribution in [1.82, 2.24) is 4.98 Å². The van der Waals surface area contributed by atoms with Gasteiger partial charge in [-0.25, -0.2) is 9.78 Å². The third-order valence-electron chi connectivity index (χ3n) is 2.65. The highest BCUT2D eigenvalue weighted by atomic mass is 32.1. The Kier molecular flexibility index (Phi) is 4.29. The fourth-order valence-corrected chi connectivity index (χ4v) is 2.50. The molecule has 5 heteroatoms. The van der Waals surface area contributed by atoms with Crippen LogP contribution in [0.15, 0.2) is 0 Å². The Morgan fingerprint density at radius 3 is 2.69 bits per heavy atom. The van der Waals surface area contributed by atoms with Crippen molar-refractivity contribution in [2.45, 2.75) is 39.7 Å². The van der Waals surface area contributed by atoms with Gasteiger partial charge < -0.3 is 10.0 Å². The number of nitrogens with zero attached hydrogens (tertiary/aromatic N) is 2. The maximum Gasteiger partial charge on any atom is 0.347 e. The highest BCUT2D eigenvalue weighted by Gasteiger charge is 2.18. The van der Waals surface area contributed by atoms with E-state index in [-0.39, 0.29) is 0 Å². The highest BCUT2D eigenvalue weighted by Crippen LogP contribution is 2.27. The molecule has 16 heavy (non-hydrogen) atoms. The highest BCUT2D eigenvalue weighted by molar-refractivity contribution is 7.17. The quantitative estimate of drug-likeness (QED) is 0.862. The Morgan fingerprint density at radius 1 is 1.62 bits per heavy atom. The van der Waals surface area contributed by atoms with Crippen LogP contribution in [0.5, 0.6) is 0 Å². The van der Waals surface area contributed by atoms with Crippen LogP contribution in [0.4, 0.5) is 5.13 Å². The summed E-state index contributed by atoms with van der Waals surface area (Å²) in [5.74, 6) is -0.891. The second-order valence-corrected chi connectivity index (χ2v) is 4.94. The number of aryl methyl sites for hydroxylation is 1. The van der Waals surface area contributed by atoms with Crippen molar-refractivity contribution in [3.8, 4) is 0 Å². The van der Waals surface area contributed by atoms with Crippen LogP contribution in [0.2, 0.25) is 0 Å². The lowest BCUT2D eigenvalue weighted by Gasteiger charge is -2.23. The predicted octanol–water partition coefficient (Wildman–Crippen LogP) is 2.77. The summed E-state index contributed by atoms with van der Waals surface area (Å²) in [6, 6.07) is 0.386. The van der Waals surface area contributed by atoms with Crippen LogP contribution in [-0.2, 0) is 0 Å². The number of carboxylic acids is 1. The van der Waals surface area contributed by atoms with E-state index in [0.29, 0.717) is 16.6 Å². The standard InChI is InChI=1S/C11H18N2O2S/c1-5-6-7(2)13(4)11-12-8(3)9(16-11)10(14)15/h7H,5-6H2,1-4H3,(H,14,15). The van der Waals surface area contributed by atoms with E-state index in [9.17, 15) is 4.79 Å².